The van der Waals surface area contributed by atoms with Gasteiger partial charge < -0.3 is 4.90 Å². The zero-order valence-electron chi connectivity index (χ0n) is 15.0. The molecule has 0 fully saturated rings. The van der Waals surface area contributed by atoms with Crippen LogP contribution >= 0.6 is 11.6 Å². The fraction of sp³-hybridized carbons (Fsp3) is 0.588. The van der Waals surface area contributed by atoms with Crippen LogP contribution in [0.1, 0.15) is 50.4 Å². The predicted molar refractivity (Wildman–Crippen MR) is 98.0 cm³/mol. The van der Waals surface area contributed by atoms with Crippen LogP contribution in [0.5, 0.6) is 0 Å². The first kappa shape index (κ1) is 20.9. The van der Waals surface area contributed by atoms with Gasteiger partial charge >= 0.3 is 0 Å². The summed E-state index contributed by atoms with van der Waals surface area (Å²) in [6, 6.07) is 4.52. The zero-order chi connectivity index (χ0) is 18.5. The Bertz CT molecular complexity index is 674. The van der Waals surface area contributed by atoms with E-state index >= 15 is 0 Å². The highest BCUT2D eigenvalue weighted by Gasteiger charge is 2.25. The summed E-state index contributed by atoms with van der Waals surface area (Å²) in [7, 11) is -0.827. The van der Waals surface area contributed by atoms with E-state index in [1.165, 1.54) is 26.2 Å². The van der Waals surface area contributed by atoms with E-state index < -0.39 is 10.0 Å². The fourth-order valence-corrected chi connectivity index (χ4v) is 3.66. The van der Waals surface area contributed by atoms with Gasteiger partial charge in [-0.15, -0.1) is 0 Å². The number of carbonyl (C=O) groups excluding carboxylic acids is 1. The average Bonchev–Trinajstić information content (AvgIpc) is 2.54. The largest absolute Gasteiger partial charge is 0.336 e. The summed E-state index contributed by atoms with van der Waals surface area (Å²) in [6.07, 6.45) is 2.74. The number of hydrogen-bond donors (Lipinski definition) is 0. The second kappa shape index (κ2) is 8.83. The average molecular weight is 375 g/mol. The number of hydrogen-bond acceptors (Lipinski definition) is 3. The summed E-state index contributed by atoms with van der Waals surface area (Å²) >= 11 is 6.05. The maximum absolute atomic E-state index is 12.9. The molecule has 1 rings (SSSR count). The maximum Gasteiger partial charge on any atom is 0.254 e. The van der Waals surface area contributed by atoms with Crippen LogP contribution in [-0.4, -0.2) is 50.2 Å². The zero-order valence-corrected chi connectivity index (χ0v) is 16.6. The Morgan fingerprint density at radius 1 is 1.25 bits per heavy atom. The maximum atomic E-state index is 12.9. The molecule has 0 aromatic heterocycles. The van der Waals surface area contributed by atoms with Gasteiger partial charge in [0.05, 0.1) is 5.02 Å². The van der Waals surface area contributed by atoms with Gasteiger partial charge in [0.15, 0.2) is 0 Å². The molecular formula is C17H27ClN2O3S. The number of halogens is 1. The van der Waals surface area contributed by atoms with E-state index in [0.717, 1.165) is 23.6 Å². The van der Waals surface area contributed by atoms with E-state index in [9.17, 15) is 13.2 Å². The van der Waals surface area contributed by atoms with Gasteiger partial charge in [0.2, 0.25) is 10.0 Å². The molecule has 0 aliphatic carbocycles. The molecule has 0 aliphatic heterocycles. The number of nitrogens with zero attached hydrogens (tertiary/aromatic N) is 2. The molecular weight excluding hydrogens is 348 g/mol. The molecule has 0 bridgehead atoms. The minimum absolute atomic E-state index is 0.0420. The Balaban J connectivity index is 3.28. The van der Waals surface area contributed by atoms with Gasteiger partial charge in [-0.2, -0.15) is 0 Å². The third-order valence-corrected chi connectivity index (χ3v) is 6.37. The first-order chi connectivity index (χ1) is 11.2. The van der Waals surface area contributed by atoms with E-state index in [-0.39, 0.29) is 21.9 Å². The summed E-state index contributed by atoms with van der Waals surface area (Å²) in [5, 5.41) is 0.115. The second-order valence-corrected chi connectivity index (χ2v) is 8.57. The van der Waals surface area contributed by atoms with Crippen LogP contribution in [0.4, 0.5) is 0 Å². The predicted octanol–water partition coefficient (Wildman–Crippen LogP) is 3.63. The first-order valence-electron chi connectivity index (χ1n) is 8.19. The van der Waals surface area contributed by atoms with Gasteiger partial charge in [-0.05, 0) is 38.0 Å². The van der Waals surface area contributed by atoms with Gasteiger partial charge in [-0.1, -0.05) is 31.9 Å². The lowest BCUT2D eigenvalue weighted by molar-refractivity contribution is 0.0685. The van der Waals surface area contributed by atoms with Gasteiger partial charge in [0.1, 0.15) is 4.90 Å². The molecule has 7 heteroatoms. The minimum atomic E-state index is -3.70. The first-order valence-corrected chi connectivity index (χ1v) is 10.0. The molecule has 0 heterocycles. The quantitative estimate of drug-likeness (QED) is 0.698. The highest BCUT2D eigenvalue weighted by molar-refractivity contribution is 7.89. The Hall–Kier alpha value is -1.11. The van der Waals surface area contributed by atoms with Crippen LogP contribution in [0.3, 0.4) is 0 Å². The molecule has 0 saturated heterocycles. The molecule has 0 radical (unpaired) electrons. The lowest BCUT2D eigenvalue weighted by atomic mass is 10.1. The van der Waals surface area contributed by atoms with Crippen LogP contribution in [0.15, 0.2) is 23.1 Å². The van der Waals surface area contributed by atoms with Crippen LogP contribution < -0.4 is 0 Å². The van der Waals surface area contributed by atoms with E-state index in [2.05, 4.69) is 6.92 Å². The van der Waals surface area contributed by atoms with Crippen LogP contribution in [0.25, 0.3) is 0 Å². The van der Waals surface area contributed by atoms with Crippen molar-refractivity contribution in [2.24, 2.45) is 0 Å². The minimum Gasteiger partial charge on any atom is -0.336 e. The molecule has 0 aliphatic rings. The molecule has 5 nitrogen and oxygen atoms in total. The standard InChI is InChI=1S/C17H27ClN2O3S/c1-6-8-11-20(13(3)7-2)17(21)14-9-10-15(18)16(12-14)24(22,23)19(4)5/h9-10,12-13H,6-8,11H2,1-5H3. The Kier molecular flexibility index (Phi) is 7.70. The molecule has 1 aromatic carbocycles. The normalized spacial score (nSPS) is 13.1. The molecule has 0 spiro atoms. The molecule has 136 valence electrons. The monoisotopic (exact) mass is 374 g/mol. The number of benzene rings is 1. The van der Waals surface area contributed by atoms with E-state index in [0.29, 0.717) is 12.1 Å². The van der Waals surface area contributed by atoms with Crippen molar-refractivity contribution in [3.8, 4) is 0 Å². The SMILES string of the molecule is CCCCN(C(=O)c1ccc(Cl)c(S(=O)(=O)N(C)C)c1)C(C)CC. The van der Waals surface area contributed by atoms with E-state index in [1.54, 1.807) is 11.0 Å². The number of carbonyl (C=O) groups is 1. The van der Waals surface area contributed by atoms with Gasteiger partial charge in [-0.25, -0.2) is 12.7 Å². The van der Waals surface area contributed by atoms with E-state index in [1.807, 2.05) is 13.8 Å². The summed E-state index contributed by atoms with van der Waals surface area (Å²) in [5.41, 5.74) is 0.344. The van der Waals surface area contributed by atoms with Crippen molar-refractivity contribution >= 4 is 27.5 Å². The number of sulfonamides is 1. The second-order valence-electron chi connectivity index (χ2n) is 6.04. The van der Waals surface area contributed by atoms with E-state index in [4.69, 9.17) is 11.6 Å². The molecule has 1 amide bonds. The molecule has 1 aromatic rings. The molecule has 0 N–H and O–H groups in total. The van der Waals surface area contributed by atoms with Crippen molar-refractivity contribution in [3.63, 3.8) is 0 Å². The van der Waals surface area contributed by atoms with Crippen LogP contribution in [0.2, 0.25) is 5.02 Å². The van der Waals surface area contributed by atoms with Crippen LogP contribution in [0, 0.1) is 0 Å². The molecule has 24 heavy (non-hydrogen) atoms. The van der Waals surface area contributed by atoms with Gasteiger partial charge in [0, 0.05) is 32.2 Å². The molecule has 1 unspecified atom stereocenters. The smallest absolute Gasteiger partial charge is 0.254 e. The summed E-state index contributed by atoms with van der Waals surface area (Å²) in [5.74, 6) is -0.162. The Labute approximate surface area is 150 Å². The van der Waals surface area contributed by atoms with Crippen molar-refractivity contribution in [3.05, 3.63) is 28.8 Å². The van der Waals surface area contributed by atoms with Crippen molar-refractivity contribution in [2.45, 2.75) is 51.0 Å². The fourth-order valence-electron chi connectivity index (χ4n) is 2.27. The topological polar surface area (TPSA) is 57.7 Å². The number of rotatable bonds is 8. The van der Waals surface area contributed by atoms with Gasteiger partial charge in [0.25, 0.3) is 5.91 Å². The Morgan fingerprint density at radius 2 is 1.88 bits per heavy atom. The summed E-state index contributed by atoms with van der Waals surface area (Å²) in [4.78, 5) is 14.6. The van der Waals surface area contributed by atoms with Gasteiger partial charge in [-0.3, -0.25) is 4.79 Å². The summed E-state index contributed by atoms with van der Waals surface area (Å²) in [6.45, 7) is 6.76. The third kappa shape index (κ3) is 4.71. The highest BCUT2D eigenvalue weighted by Crippen LogP contribution is 2.26. The Morgan fingerprint density at radius 3 is 2.38 bits per heavy atom. The number of unbranched alkanes of at least 4 members (excludes halogenated alkanes) is 1. The van der Waals surface area contributed by atoms with Crippen molar-refractivity contribution in [1.82, 2.24) is 9.21 Å². The van der Waals surface area contributed by atoms with Crippen molar-refractivity contribution in [2.75, 3.05) is 20.6 Å². The lowest BCUT2D eigenvalue weighted by Gasteiger charge is -2.29. The highest BCUT2D eigenvalue weighted by atomic mass is 35.5. The molecule has 1 atom stereocenters. The summed E-state index contributed by atoms with van der Waals surface area (Å²) < 4.78 is 25.8. The van der Waals surface area contributed by atoms with Crippen molar-refractivity contribution < 1.29 is 13.2 Å². The third-order valence-electron chi connectivity index (χ3n) is 4.07. The number of amides is 1. The molecule has 0 saturated carbocycles. The van der Waals surface area contributed by atoms with Crippen LogP contribution in [-0.2, 0) is 10.0 Å². The lowest BCUT2D eigenvalue weighted by Crippen LogP contribution is -2.39. The van der Waals surface area contributed by atoms with Crippen molar-refractivity contribution in [1.29, 1.82) is 0 Å².